The average Bonchev–Trinajstić information content (AvgIpc) is 2.86. The molecule has 0 spiro atoms. The van der Waals surface area contributed by atoms with Gasteiger partial charge in [-0.15, -0.1) is 0 Å². The number of carbonyl (C=O) groups is 1. The smallest absolute Gasteiger partial charge is 0.410 e. The highest BCUT2D eigenvalue weighted by molar-refractivity contribution is 6.30. The Morgan fingerprint density at radius 3 is 2.68 bits per heavy atom. The number of anilines is 1. The number of hydrogen-bond donors (Lipinski definition) is 0. The Morgan fingerprint density at radius 2 is 2.09 bits per heavy atom. The minimum atomic E-state index is -0.455. The third-order valence-electron chi connectivity index (χ3n) is 3.42. The molecule has 1 aliphatic heterocycles. The van der Waals surface area contributed by atoms with Gasteiger partial charge >= 0.3 is 6.09 Å². The largest absolute Gasteiger partial charge is 0.444 e. The zero-order chi connectivity index (χ0) is 16.3. The van der Waals surface area contributed by atoms with Crippen molar-refractivity contribution in [3.05, 3.63) is 17.4 Å². The summed E-state index contributed by atoms with van der Waals surface area (Å²) >= 11 is 5.79. The SMILES string of the molecule is CN(CC1CCN(C(=O)OC(C)(C)C)C1)c1ncc(Cl)cn1. The van der Waals surface area contributed by atoms with Crippen molar-refractivity contribution < 1.29 is 9.53 Å². The van der Waals surface area contributed by atoms with Gasteiger partial charge in [-0.05, 0) is 33.1 Å². The van der Waals surface area contributed by atoms with Crippen LogP contribution < -0.4 is 4.90 Å². The van der Waals surface area contributed by atoms with E-state index in [0.717, 1.165) is 19.5 Å². The van der Waals surface area contributed by atoms with Crippen molar-refractivity contribution >= 4 is 23.6 Å². The zero-order valence-corrected chi connectivity index (χ0v) is 14.3. The minimum absolute atomic E-state index is 0.236. The second-order valence-corrected chi connectivity index (χ2v) is 7.10. The summed E-state index contributed by atoms with van der Waals surface area (Å²) in [6.45, 7) is 7.86. The molecular formula is C15H23ClN4O2. The predicted molar refractivity (Wildman–Crippen MR) is 86.2 cm³/mol. The molecule has 1 fully saturated rings. The van der Waals surface area contributed by atoms with E-state index in [1.54, 1.807) is 17.3 Å². The molecule has 0 aromatic carbocycles. The molecule has 122 valence electrons. The molecule has 1 aliphatic rings. The molecule has 1 saturated heterocycles. The molecule has 0 saturated carbocycles. The normalized spacial score (nSPS) is 18.4. The van der Waals surface area contributed by atoms with E-state index in [1.165, 1.54) is 0 Å². The van der Waals surface area contributed by atoms with E-state index in [2.05, 4.69) is 9.97 Å². The van der Waals surface area contributed by atoms with Crippen LogP contribution in [-0.4, -0.2) is 53.2 Å². The maximum atomic E-state index is 12.1. The van der Waals surface area contributed by atoms with E-state index in [9.17, 15) is 4.79 Å². The van der Waals surface area contributed by atoms with Gasteiger partial charge in [0.2, 0.25) is 5.95 Å². The van der Waals surface area contributed by atoms with Crippen molar-refractivity contribution in [3.8, 4) is 0 Å². The molecule has 22 heavy (non-hydrogen) atoms. The summed E-state index contributed by atoms with van der Waals surface area (Å²) in [5.41, 5.74) is -0.455. The lowest BCUT2D eigenvalue weighted by atomic mass is 10.1. The number of rotatable bonds is 3. The van der Waals surface area contributed by atoms with E-state index in [0.29, 0.717) is 23.4 Å². The third-order valence-corrected chi connectivity index (χ3v) is 3.61. The van der Waals surface area contributed by atoms with E-state index in [-0.39, 0.29) is 6.09 Å². The van der Waals surface area contributed by atoms with Crippen molar-refractivity contribution in [1.82, 2.24) is 14.9 Å². The zero-order valence-electron chi connectivity index (χ0n) is 13.5. The number of nitrogens with zero attached hydrogens (tertiary/aromatic N) is 4. The summed E-state index contributed by atoms with van der Waals surface area (Å²) in [6, 6.07) is 0. The molecule has 1 unspecified atom stereocenters. The molecule has 6 nitrogen and oxygen atoms in total. The predicted octanol–water partition coefficient (Wildman–Crippen LogP) is 2.82. The van der Waals surface area contributed by atoms with Crippen LogP contribution in [0.3, 0.4) is 0 Å². The molecule has 1 amide bonds. The Morgan fingerprint density at radius 1 is 1.45 bits per heavy atom. The topological polar surface area (TPSA) is 58.6 Å². The van der Waals surface area contributed by atoms with Gasteiger partial charge in [0.1, 0.15) is 5.60 Å². The van der Waals surface area contributed by atoms with E-state index >= 15 is 0 Å². The van der Waals surface area contributed by atoms with E-state index < -0.39 is 5.60 Å². The lowest BCUT2D eigenvalue weighted by Gasteiger charge is -2.25. The highest BCUT2D eigenvalue weighted by Crippen LogP contribution is 2.21. The Hall–Kier alpha value is -1.56. The highest BCUT2D eigenvalue weighted by Gasteiger charge is 2.30. The van der Waals surface area contributed by atoms with Crippen molar-refractivity contribution in [1.29, 1.82) is 0 Å². The van der Waals surface area contributed by atoms with Gasteiger partial charge in [-0.3, -0.25) is 0 Å². The van der Waals surface area contributed by atoms with Crippen molar-refractivity contribution in [2.24, 2.45) is 5.92 Å². The van der Waals surface area contributed by atoms with Gasteiger partial charge < -0.3 is 14.5 Å². The summed E-state index contributed by atoms with van der Waals surface area (Å²) in [6.07, 6.45) is 3.89. The number of carbonyl (C=O) groups excluding carboxylic acids is 1. The fraction of sp³-hybridized carbons (Fsp3) is 0.667. The second kappa shape index (κ2) is 6.69. The van der Waals surface area contributed by atoms with Crippen molar-refractivity contribution in [2.45, 2.75) is 32.8 Å². The summed E-state index contributed by atoms with van der Waals surface area (Å²) in [5.74, 6) is 1.02. The molecule has 0 aliphatic carbocycles. The quantitative estimate of drug-likeness (QED) is 0.854. The minimum Gasteiger partial charge on any atom is -0.444 e. The van der Waals surface area contributed by atoms with Gasteiger partial charge in [0.05, 0.1) is 17.4 Å². The highest BCUT2D eigenvalue weighted by atomic mass is 35.5. The molecule has 2 rings (SSSR count). The number of halogens is 1. The Labute approximate surface area is 136 Å². The van der Waals surface area contributed by atoms with Gasteiger partial charge in [0.15, 0.2) is 0 Å². The first-order valence-electron chi connectivity index (χ1n) is 7.41. The van der Waals surface area contributed by atoms with Crippen LogP contribution in [-0.2, 0) is 4.74 Å². The van der Waals surface area contributed by atoms with Crippen LogP contribution in [0.5, 0.6) is 0 Å². The maximum absolute atomic E-state index is 12.1. The molecule has 1 aromatic rings. The first-order valence-corrected chi connectivity index (χ1v) is 7.79. The molecule has 1 aromatic heterocycles. The van der Waals surface area contributed by atoms with E-state index in [4.69, 9.17) is 16.3 Å². The van der Waals surface area contributed by atoms with Crippen LogP contribution in [0, 0.1) is 5.92 Å². The van der Waals surface area contributed by atoms with Crippen LogP contribution >= 0.6 is 11.6 Å². The monoisotopic (exact) mass is 326 g/mol. The average molecular weight is 327 g/mol. The first-order chi connectivity index (χ1) is 10.2. The maximum Gasteiger partial charge on any atom is 0.410 e. The summed E-state index contributed by atoms with van der Waals surface area (Å²) in [7, 11) is 1.94. The number of hydrogen-bond acceptors (Lipinski definition) is 5. The second-order valence-electron chi connectivity index (χ2n) is 6.66. The fourth-order valence-corrected chi connectivity index (χ4v) is 2.54. The summed E-state index contributed by atoms with van der Waals surface area (Å²) in [4.78, 5) is 24.2. The van der Waals surface area contributed by atoms with Gasteiger partial charge in [-0.1, -0.05) is 11.6 Å². The Kier molecular flexibility index (Phi) is 5.11. The van der Waals surface area contributed by atoms with Crippen LogP contribution in [0.4, 0.5) is 10.7 Å². The molecular weight excluding hydrogens is 304 g/mol. The standard InChI is InChI=1S/C15H23ClN4O2/c1-15(2,3)22-14(21)20-6-5-11(10-20)9-19(4)13-17-7-12(16)8-18-13/h7-8,11H,5-6,9-10H2,1-4H3. The third kappa shape index (κ3) is 4.73. The fourth-order valence-electron chi connectivity index (χ4n) is 2.45. The Balaban J connectivity index is 1.85. The number of amides is 1. The molecule has 0 N–H and O–H groups in total. The van der Waals surface area contributed by atoms with Gasteiger partial charge in [-0.25, -0.2) is 14.8 Å². The van der Waals surface area contributed by atoms with Crippen LogP contribution in [0.2, 0.25) is 5.02 Å². The summed E-state index contributed by atoms with van der Waals surface area (Å²) < 4.78 is 5.41. The van der Waals surface area contributed by atoms with Crippen LogP contribution in [0.25, 0.3) is 0 Å². The number of likely N-dealkylation sites (tertiary alicyclic amines) is 1. The molecule has 2 heterocycles. The van der Waals surface area contributed by atoms with E-state index in [1.807, 2.05) is 32.7 Å². The molecule has 7 heteroatoms. The first kappa shape index (κ1) is 16.8. The lowest BCUT2D eigenvalue weighted by Crippen LogP contribution is -2.36. The lowest BCUT2D eigenvalue weighted by molar-refractivity contribution is 0.0288. The summed E-state index contributed by atoms with van der Waals surface area (Å²) in [5, 5.41) is 0.522. The van der Waals surface area contributed by atoms with Crippen molar-refractivity contribution in [2.75, 3.05) is 31.6 Å². The van der Waals surface area contributed by atoms with Crippen LogP contribution in [0.15, 0.2) is 12.4 Å². The number of ether oxygens (including phenoxy) is 1. The van der Waals surface area contributed by atoms with Gasteiger partial charge in [0.25, 0.3) is 0 Å². The van der Waals surface area contributed by atoms with Crippen molar-refractivity contribution in [3.63, 3.8) is 0 Å². The Bertz CT molecular complexity index is 515. The van der Waals surface area contributed by atoms with Crippen LogP contribution in [0.1, 0.15) is 27.2 Å². The van der Waals surface area contributed by atoms with Gasteiger partial charge in [0, 0.05) is 26.7 Å². The number of aromatic nitrogens is 2. The molecule has 1 atom stereocenters. The molecule has 0 bridgehead atoms. The van der Waals surface area contributed by atoms with Gasteiger partial charge in [-0.2, -0.15) is 0 Å². The molecule has 0 radical (unpaired) electrons.